The van der Waals surface area contributed by atoms with Gasteiger partial charge in [-0.25, -0.2) is 9.97 Å². The van der Waals surface area contributed by atoms with Crippen molar-refractivity contribution < 1.29 is 45.8 Å². The zero-order valence-corrected chi connectivity index (χ0v) is 21.7. The van der Waals surface area contributed by atoms with Gasteiger partial charge in [0.05, 0.1) is 28.0 Å². The standard InChI is InChI=1S/C29H23F6N3O4/c30-28(31,32)20-10-7-18(8-11-20)26-23(3-1-2-4-25(39)40)37-24-15-19(9-14-22(24)38-26)27(41)36-16-17-5-12-21(13-6-17)42-29(33,34)35/h5-15H,1-4,16H2,(H,36,41)(H,39,40). The molecular weight excluding hydrogens is 568 g/mol. The summed E-state index contributed by atoms with van der Waals surface area (Å²) >= 11 is 0. The van der Waals surface area contributed by atoms with Crippen LogP contribution in [0.2, 0.25) is 0 Å². The van der Waals surface area contributed by atoms with Crippen molar-refractivity contribution in [2.45, 2.75) is 44.8 Å². The Bertz CT molecular complexity index is 1570. The third-order valence-corrected chi connectivity index (χ3v) is 6.15. The highest BCUT2D eigenvalue weighted by molar-refractivity contribution is 5.97. The molecule has 42 heavy (non-hydrogen) atoms. The number of hydrogen-bond donors (Lipinski definition) is 2. The Kier molecular flexibility index (Phi) is 8.98. The normalized spacial score (nSPS) is 11.9. The number of carbonyl (C=O) groups is 2. The molecule has 220 valence electrons. The quantitative estimate of drug-likeness (QED) is 0.153. The van der Waals surface area contributed by atoms with Crippen LogP contribution in [0.3, 0.4) is 0 Å². The number of nitrogens with zero attached hydrogens (tertiary/aromatic N) is 2. The number of unbranched alkanes of at least 4 members (excludes halogenated alkanes) is 1. The number of ether oxygens (including phenoxy) is 1. The van der Waals surface area contributed by atoms with Crippen LogP contribution < -0.4 is 10.1 Å². The molecule has 0 aliphatic carbocycles. The second kappa shape index (κ2) is 12.5. The molecule has 0 fully saturated rings. The summed E-state index contributed by atoms with van der Waals surface area (Å²) in [6.07, 6.45) is -8.28. The van der Waals surface area contributed by atoms with E-state index < -0.39 is 30.0 Å². The summed E-state index contributed by atoms with van der Waals surface area (Å²) in [6, 6.07) is 14.0. The van der Waals surface area contributed by atoms with Crippen LogP contribution in [0.25, 0.3) is 22.3 Å². The number of rotatable bonds is 10. The van der Waals surface area contributed by atoms with Gasteiger partial charge in [0.2, 0.25) is 0 Å². The Morgan fingerprint density at radius 2 is 1.52 bits per heavy atom. The fourth-order valence-corrected chi connectivity index (χ4v) is 4.12. The molecule has 4 rings (SSSR count). The van der Waals surface area contributed by atoms with Gasteiger partial charge in [-0.1, -0.05) is 24.3 Å². The zero-order chi connectivity index (χ0) is 30.5. The molecule has 0 saturated heterocycles. The minimum absolute atomic E-state index is 0.0243. The van der Waals surface area contributed by atoms with E-state index in [2.05, 4.69) is 20.0 Å². The smallest absolute Gasteiger partial charge is 0.481 e. The van der Waals surface area contributed by atoms with E-state index in [-0.39, 0.29) is 24.3 Å². The SMILES string of the molecule is O=C(O)CCCCc1nc2cc(C(=O)NCc3ccc(OC(F)(F)F)cc3)ccc2nc1-c1ccc(C(F)(F)F)cc1. The van der Waals surface area contributed by atoms with Crippen LogP contribution in [0.5, 0.6) is 5.75 Å². The van der Waals surface area contributed by atoms with E-state index in [1.807, 2.05) is 0 Å². The number of aryl methyl sites for hydroxylation is 1. The van der Waals surface area contributed by atoms with Crippen LogP contribution in [0.4, 0.5) is 26.3 Å². The van der Waals surface area contributed by atoms with Gasteiger partial charge in [-0.2, -0.15) is 13.2 Å². The predicted octanol–water partition coefficient (Wildman–Crippen LogP) is 6.94. The lowest BCUT2D eigenvalue weighted by Crippen LogP contribution is -2.22. The van der Waals surface area contributed by atoms with E-state index in [4.69, 9.17) is 5.11 Å². The molecule has 0 radical (unpaired) electrons. The van der Waals surface area contributed by atoms with Crippen molar-refractivity contribution in [3.05, 3.63) is 89.1 Å². The Morgan fingerprint density at radius 3 is 2.14 bits per heavy atom. The average molecular weight is 592 g/mol. The Labute approximate surface area is 235 Å². The number of hydrogen-bond acceptors (Lipinski definition) is 5. The fraction of sp³-hybridized carbons (Fsp3) is 0.241. The molecule has 7 nitrogen and oxygen atoms in total. The average Bonchev–Trinajstić information content (AvgIpc) is 2.92. The highest BCUT2D eigenvalue weighted by Gasteiger charge is 2.31. The lowest BCUT2D eigenvalue weighted by molar-refractivity contribution is -0.274. The topological polar surface area (TPSA) is 101 Å². The molecule has 1 heterocycles. The number of carboxylic acid groups (broad SMARTS) is 1. The van der Waals surface area contributed by atoms with E-state index in [1.54, 1.807) is 6.07 Å². The number of carbonyl (C=O) groups excluding carboxylic acids is 1. The number of aliphatic carboxylic acids is 1. The van der Waals surface area contributed by atoms with Crippen LogP contribution in [-0.4, -0.2) is 33.3 Å². The maximum atomic E-state index is 13.1. The van der Waals surface area contributed by atoms with E-state index in [1.165, 1.54) is 36.4 Å². The van der Waals surface area contributed by atoms with Crippen molar-refractivity contribution in [1.29, 1.82) is 0 Å². The van der Waals surface area contributed by atoms with E-state index >= 15 is 0 Å². The lowest BCUT2D eigenvalue weighted by Gasteiger charge is -2.13. The number of nitrogens with one attached hydrogen (secondary N) is 1. The molecule has 0 aliphatic rings. The number of carboxylic acids is 1. The second-order valence-corrected chi connectivity index (χ2v) is 9.27. The van der Waals surface area contributed by atoms with Crippen LogP contribution >= 0.6 is 0 Å². The molecule has 4 aromatic rings. The maximum Gasteiger partial charge on any atom is 0.573 e. The first-order valence-corrected chi connectivity index (χ1v) is 12.6. The summed E-state index contributed by atoms with van der Waals surface area (Å²) in [6.45, 7) is 0.0243. The molecule has 0 aliphatic heterocycles. The van der Waals surface area contributed by atoms with Gasteiger partial charge < -0.3 is 15.2 Å². The number of halogens is 6. The van der Waals surface area contributed by atoms with Crippen molar-refractivity contribution in [1.82, 2.24) is 15.3 Å². The summed E-state index contributed by atoms with van der Waals surface area (Å²) in [4.78, 5) is 32.9. The van der Waals surface area contributed by atoms with E-state index in [0.29, 0.717) is 52.8 Å². The Morgan fingerprint density at radius 1 is 0.833 bits per heavy atom. The zero-order valence-electron chi connectivity index (χ0n) is 21.7. The van der Waals surface area contributed by atoms with Crippen LogP contribution in [-0.2, 0) is 23.9 Å². The van der Waals surface area contributed by atoms with E-state index in [9.17, 15) is 35.9 Å². The third kappa shape index (κ3) is 8.18. The maximum absolute atomic E-state index is 13.1. The molecule has 1 amide bonds. The first kappa shape index (κ1) is 30.3. The molecule has 0 spiro atoms. The number of fused-ring (bicyclic) bond motifs is 1. The molecule has 3 aromatic carbocycles. The summed E-state index contributed by atoms with van der Waals surface area (Å²) < 4.78 is 80.0. The van der Waals surface area contributed by atoms with Crippen molar-refractivity contribution in [2.24, 2.45) is 0 Å². The molecule has 0 saturated carbocycles. The van der Waals surface area contributed by atoms with Crippen molar-refractivity contribution in [3.8, 4) is 17.0 Å². The van der Waals surface area contributed by atoms with E-state index in [0.717, 1.165) is 24.3 Å². The van der Waals surface area contributed by atoms with Gasteiger partial charge in [0.1, 0.15) is 5.75 Å². The summed E-state index contributed by atoms with van der Waals surface area (Å²) in [5, 5.41) is 11.6. The molecule has 1 aromatic heterocycles. The fourth-order valence-electron chi connectivity index (χ4n) is 4.12. The third-order valence-electron chi connectivity index (χ3n) is 6.15. The minimum atomic E-state index is -4.81. The van der Waals surface area contributed by atoms with Gasteiger partial charge >= 0.3 is 18.5 Å². The number of benzene rings is 3. The van der Waals surface area contributed by atoms with Gasteiger partial charge in [0.25, 0.3) is 5.91 Å². The molecule has 2 N–H and O–H groups in total. The second-order valence-electron chi connectivity index (χ2n) is 9.27. The van der Waals surface area contributed by atoms with Crippen LogP contribution in [0, 0.1) is 0 Å². The van der Waals surface area contributed by atoms with Gasteiger partial charge in [0, 0.05) is 24.1 Å². The van der Waals surface area contributed by atoms with Crippen LogP contribution in [0.15, 0.2) is 66.7 Å². The molecular formula is C29H23F6N3O4. The summed E-state index contributed by atoms with van der Waals surface area (Å²) in [5.41, 5.74) is 1.86. The monoisotopic (exact) mass is 591 g/mol. The highest BCUT2D eigenvalue weighted by Crippen LogP contribution is 2.32. The molecule has 13 heteroatoms. The van der Waals surface area contributed by atoms with Crippen molar-refractivity contribution >= 4 is 22.9 Å². The number of alkyl halides is 6. The van der Waals surface area contributed by atoms with Gasteiger partial charge in [0.15, 0.2) is 0 Å². The predicted molar refractivity (Wildman–Crippen MR) is 139 cm³/mol. The van der Waals surface area contributed by atoms with Gasteiger partial charge in [-0.05, 0) is 67.3 Å². The van der Waals surface area contributed by atoms with Crippen molar-refractivity contribution in [2.75, 3.05) is 0 Å². The first-order valence-electron chi connectivity index (χ1n) is 12.6. The largest absolute Gasteiger partial charge is 0.573 e. The number of aromatic nitrogens is 2. The van der Waals surface area contributed by atoms with Crippen molar-refractivity contribution in [3.63, 3.8) is 0 Å². The van der Waals surface area contributed by atoms with Crippen LogP contribution in [0.1, 0.15) is 46.4 Å². The lowest BCUT2D eigenvalue weighted by atomic mass is 10.0. The summed E-state index contributed by atoms with van der Waals surface area (Å²) in [5.74, 6) is -1.83. The molecule has 0 atom stereocenters. The Balaban J connectivity index is 1.55. The van der Waals surface area contributed by atoms with Gasteiger partial charge in [-0.15, -0.1) is 13.2 Å². The number of amides is 1. The van der Waals surface area contributed by atoms with Gasteiger partial charge in [-0.3, -0.25) is 9.59 Å². The minimum Gasteiger partial charge on any atom is -0.481 e. The highest BCUT2D eigenvalue weighted by atomic mass is 19.4. The summed E-state index contributed by atoms with van der Waals surface area (Å²) in [7, 11) is 0. The Hall–Kier alpha value is -4.68. The molecule has 0 unspecified atom stereocenters. The first-order chi connectivity index (χ1) is 19.8. The molecule has 0 bridgehead atoms.